The van der Waals surface area contributed by atoms with Crippen molar-refractivity contribution in [1.82, 2.24) is 5.43 Å². The lowest BCUT2D eigenvalue weighted by molar-refractivity contribution is 0.536. The zero-order valence-corrected chi connectivity index (χ0v) is 12.0. The molecule has 0 aliphatic heterocycles. The summed E-state index contributed by atoms with van der Waals surface area (Å²) in [5.41, 5.74) is 7.28. The molecule has 2 rings (SSSR count). The molecule has 0 saturated heterocycles. The van der Waals surface area contributed by atoms with E-state index in [0.29, 0.717) is 6.04 Å². The molecule has 0 radical (unpaired) electrons. The average Bonchev–Trinajstić information content (AvgIpc) is 2.38. The Morgan fingerprint density at radius 1 is 1.16 bits per heavy atom. The second-order valence-corrected chi connectivity index (χ2v) is 5.58. The van der Waals surface area contributed by atoms with E-state index in [1.165, 1.54) is 55.2 Å². The van der Waals surface area contributed by atoms with Gasteiger partial charge in [-0.25, -0.2) is 0 Å². The Labute approximate surface area is 117 Å². The van der Waals surface area contributed by atoms with Crippen molar-refractivity contribution in [3.05, 3.63) is 47.0 Å². The molecular weight excluding hydrogens is 232 g/mol. The van der Waals surface area contributed by atoms with E-state index >= 15 is 0 Å². The Bertz CT molecular complexity index is 423. The number of nitrogens with two attached hydrogens (primary N) is 1. The lowest BCUT2D eigenvalue weighted by atomic mass is 9.90. The third kappa shape index (κ3) is 4.19. The summed E-state index contributed by atoms with van der Waals surface area (Å²) in [6, 6.07) is 8.89. The number of aryl methyl sites for hydroxylation is 1. The van der Waals surface area contributed by atoms with E-state index in [4.69, 9.17) is 5.84 Å². The molecule has 0 spiro atoms. The minimum atomic E-state index is 0.291. The number of rotatable bonds is 4. The molecule has 1 aromatic rings. The van der Waals surface area contributed by atoms with Gasteiger partial charge in [-0.2, -0.15) is 0 Å². The van der Waals surface area contributed by atoms with E-state index in [9.17, 15) is 0 Å². The van der Waals surface area contributed by atoms with Gasteiger partial charge < -0.3 is 0 Å². The van der Waals surface area contributed by atoms with Gasteiger partial charge in [0.15, 0.2) is 0 Å². The molecule has 0 amide bonds. The Hall–Kier alpha value is -1.12. The SMILES string of the molecule is Cc1ccccc1CC(NN)/C1=C/CCCCCC1. The van der Waals surface area contributed by atoms with Gasteiger partial charge in [0.1, 0.15) is 0 Å². The zero-order chi connectivity index (χ0) is 13.5. The largest absolute Gasteiger partial charge is 0.271 e. The standard InChI is InChI=1S/C17H26N2/c1-14-9-7-8-12-16(14)13-17(19-18)15-10-5-3-2-4-6-11-15/h7-10,12,17,19H,2-6,11,13,18H2,1H3/b15-10+. The number of hydrazine groups is 1. The van der Waals surface area contributed by atoms with Crippen LogP contribution < -0.4 is 11.3 Å². The van der Waals surface area contributed by atoms with Gasteiger partial charge in [-0.3, -0.25) is 11.3 Å². The van der Waals surface area contributed by atoms with E-state index in [2.05, 4.69) is 42.7 Å². The minimum absolute atomic E-state index is 0.291. The smallest absolute Gasteiger partial charge is 0.0460 e. The molecule has 2 nitrogen and oxygen atoms in total. The molecule has 1 aliphatic carbocycles. The summed E-state index contributed by atoms with van der Waals surface area (Å²) in [6.07, 6.45) is 11.2. The maximum Gasteiger partial charge on any atom is 0.0460 e. The van der Waals surface area contributed by atoms with Crippen molar-refractivity contribution in [1.29, 1.82) is 0 Å². The summed E-state index contributed by atoms with van der Waals surface area (Å²) in [4.78, 5) is 0. The highest BCUT2D eigenvalue weighted by molar-refractivity contribution is 5.28. The monoisotopic (exact) mass is 258 g/mol. The molecule has 1 aromatic carbocycles. The van der Waals surface area contributed by atoms with E-state index < -0.39 is 0 Å². The lowest BCUT2D eigenvalue weighted by Gasteiger charge is -2.22. The van der Waals surface area contributed by atoms with Crippen LogP contribution in [0.3, 0.4) is 0 Å². The molecule has 104 valence electrons. The fourth-order valence-electron chi connectivity index (χ4n) is 2.89. The van der Waals surface area contributed by atoms with Crippen molar-refractivity contribution in [3.8, 4) is 0 Å². The molecule has 1 atom stereocenters. The summed E-state index contributed by atoms with van der Waals surface area (Å²) in [6.45, 7) is 2.18. The summed E-state index contributed by atoms with van der Waals surface area (Å²) in [5.74, 6) is 5.80. The third-order valence-corrected chi connectivity index (χ3v) is 4.16. The Morgan fingerprint density at radius 2 is 1.95 bits per heavy atom. The van der Waals surface area contributed by atoms with Crippen LogP contribution in [0.5, 0.6) is 0 Å². The van der Waals surface area contributed by atoms with Crippen LogP contribution in [0.2, 0.25) is 0 Å². The molecule has 2 heteroatoms. The van der Waals surface area contributed by atoms with Gasteiger partial charge in [-0.15, -0.1) is 0 Å². The Balaban J connectivity index is 2.08. The third-order valence-electron chi connectivity index (χ3n) is 4.16. The van der Waals surface area contributed by atoms with Gasteiger partial charge in [0.2, 0.25) is 0 Å². The van der Waals surface area contributed by atoms with Crippen LogP contribution in [0.1, 0.15) is 49.7 Å². The minimum Gasteiger partial charge on any atom is -0.271 e. The molecule has 0 saturated carbocycles. The maximum atomic E-state index is 5.80. The number of hydrogen-bond acceptors (Lipinski definition) is 2. The van der Waals surface area contributed by atoms with Crippen LogP contribution in [0.15, 0.2) is 35.9 Å². The van der Waals surface area contributed by atoms with Crippen LogP contribution in [0, 0.1) is 6.92 Å². The first kappa shape index (κ1) is 14.3. The predicted molar refractivity (Wildman–Crippen MR) is 81.8 cm³/mol. The summed E-state index contributed by atoms with van der Waals surface area (Å²) in [7, 11) is 0. The normalized spacial score (nSPS) is 21.1. The quantitative estimate of drug-likeness (QED) is 0.491. The Morgan fingerprint density at radius 3 is 2.74 bits per heavy atom. The molecule has 0 heterocycles. The van der Waals surface area contributed by atoms with Gasteiger partial charge in [0.05, 0.1) is 0 Å². The van der Waals surface area contributed by atoms with Crippen LogP contribution in [-0.2, 0) is 6.42 Å². The van der Waals surface area contributed by atoms with Crippen molar-refractivity contribution in [2.75, 3.05) is 0 Å². The molecular formula is C17H26N2. The molecule has 1 unspecified atom stereocenters. The van der Waals surface area contributed by atoms with Crippen molar-refractivity contribution >= 4 is 0 Å². The van der Waals surface area contributed by atoms with Crippen LogP contribution >= 0.6 is 0 Å². The van der Waals surface area contributed by atoms with Gasteiger partial charge in [0, 0.05) is 6.04 Å². The first-order valence-corrected chi connectivity index (χ1v) is 7.51. The van der Waals surface area contributed by atoms with Crippen LogP contribution in [0.4, 0.5) is 0 Å². The molecule has 0 bridgehead atoms. The fourth-order valence-corrected chi connectivity index (χ4v) is 2.89. The highest BCUT2D eigenvalue weighted by atomic mass is 15.2. The first-order chi connectivity index (χ1) is 9.31. The second kappa shape index (κ2) is 7.46. The topological polar surface area (TPSA) is 38.0 Å². The second-order valence-electron chi connectivity index (χ2n) is 5.58. The van der Waals surface area contributed by atoms with Crippen molar-refractivity contribution < 1.29 is 0 Å². The number of nitrogens with one attached hydrogen (secondary N) is 1. The number of hydrogen-bond donors (Lipinski definition) is 2. The van der Waals surface area contributed by atoms with E-state index in [1.807, 2.05) is 0 Å². The van der Waals surface area contributed by atoms with E-state index in [-0.39, 0.29) is 0 Å². The van der Waals surface area contributed by atoms with Gasteiger partial charge in [-0.1, -0.05) is 48.8 Å². The molecule has 1 aliphatic rings. The highest BCUT2D eigenvalue weighted by Gasteiger charge is 2.15. The average molecular weight is 258 g/mol. The van der Waals surface area contributed by atoms with Gasteiger partial charge >= 0.3 is 0 Å². The van der Waals surface area contributed by atoms with Gasteiger partial charge in [0.25, 0.3) is 0 Å². The maximum absolute atomic E-state index is 5.80. The summed E-state index contributed by atoms with van der Waals surface area (Å²) in [5, 5.41) is 0. The molecule has 0 aromatic heterocycles. The van der Waals surface area contributed by atoms with Crippen molar-refractivity contribution in [3.63, 3.8) is 0 Å². The van der Waals surface area contributed by atoms with E-state index in [0.717, 1.165) is 6.42 Å². The van der Waals surface area contributed by atoms with Crippen LogP contribution in [-0.4, -0.2) is 6.04 Å². The molecule has 19 heavy (non-hydrogen) atoms. The van der Waals surface area contributed by atoms with Crippen LogP contribution in [0.25, 0.3) is 0 Å². The number of allylic oxidation sites excluding steroid dienone is 1. The highest BCUT2D eigenvalue weighted by Crippen LogP contribution is 2.22. The Kier molecular flexibility index (Phi) is 5.62. The zero-order valence-electron chi connectivity index (χ0n) is 12.0. The first-order valence-electron chi connectivity index (χ1n) is 7.51. The lowest BCUT2D eigenvalue weighted by Crippen LogP contribution is -2.38. The van der Waals surface area contributed by atoms with Gasteiger partial charge in [-0.05, 0) is 50.2 Å². The van der Waals surface area contributed by atoms with Crippen molar-refractivity contribution in [2.45, 2.75) is 57.9 Å². The van der Waals surface area contributed by atoms with Crippen molar-refractivity contribution in [2.24, 2.45) is 5.84 Å². The summed E-state index contributed by atoms with van der Waals surface area (Å²) < 4.78 is 0. The fraction of sp³-hybridized carbons (Fsp3) is 0.529. The number of benzene rings is 1. The predicted octanol–water partition coefficient (Wildman–Crippen LogP) is 3.65. The molecule has 3 N–H and O–H groups in total. The molecule has 0 fully saturated rings. The summed E-state index contributed by atoms with van der Waals surface area (Å²) >= 11 is 0. The van der Waals surface area contributed by atoms with E-state index in [1.54, 1.807) is 0 Å².